The molecule has 0 radical (unpaired) electrons. The fraction of sp³-hybridized carbons (Fsp3) is 0.538. The molecule has 4 rings (SSSR count). The lowest BCUT2D eigenvalue weighted by atomic mass is 9.93. The highest BCUT2D eigenvalue weighted by Crippen LogP contribution is 2.37. The molecule has 0 spiro atoms. The van der Waals surface area contributed by atoms with Crippen LogP contribution in [0.1, 0.15) is 61.6 Å². The lowest BCUT2D eigenvalue weighted by molar-refractivity contribution is -0.142. The Morgan fingerprint density at radius 1 is 1.03 bits per heavy atom. The first kappa shape index (κ1) is 23.0. The van der Waals surface area contributed by atoms with Crippen LogP contribution in [0.2, 0.25) is 0 Å². The number of hydrogen-bond acceptors (Lipinski definition) is 4. The van der Waals surface area contributed by atoms with Crippen LogP contribution in [0.25, 0.3) is 0 Å². The number of unbranched alkanes of at least 4 members (excludes halogenated alkanes) is 1. The van der Waals surface area contributed by atoms with Gasteiger partial charge in [0.25, 0.3) is 0 Å². The average molecular weight is 454 g/mol. The van der Waals surface area contributed by atoms with Crippen molar-refractivity contribution in [3.05, 3.63) is 57.8 Å². The van der Waals surface area contributed by atoms with Crippen LogP contribution in [0.4, 0.5) is 0 Å². The summed E-state index contributed by atoms with van der Waals surface area (Å²) >= 11 is 1.85. The fourth-order valence-electron chi connectivity index (χ4n) is 5.06. The summed E-state index contributed by atoms with van der Waals surface area (Å²) in [5, 5.41) is 2.19. The van der Waals surface area contributed by atoms with Gasteiger partial charge in [-0.3, -0.25) is 14.5 Å². The molecule has 1 aromatic carbocycles. The maximum atomic E-state index is 13.1. The van der Waals surface area contributed by atoms with Crippen LogP contribution >= 0.6 is 11.3 Å². The SMILES string of the molecule is CCCCC(=O)N1CCN(C(=O)CCN2CCc3sccc3C2c2ccccc2)CC1C. The van der Waals surface area contributed by atoms with Crippen LogP contribution in [-0.2, 0) is 16.0 Å². The number of carbonyl (C=O) groups excluding carboxylic acids is 2. The predicted octanol–water partition coefficient (Wildman–Crippen LogP) is 4.34. The van der Waals surface area contributed by atoms with E-state index < -0.39 is 0 Å². The van der Waals surface area contributed by atoms with Gasteiger partial charge in [0, 0.05) is 56.5 Å². The average Bonchev–Trinajstić information content (AvgIpc) is 3.30. The molecule has 2 aliphatic heterocycles. The van der Waals surface area contributed by atoms with Gasteiger partial charge >= 0.3 is 0 Å². The van der Waals surface area contributed by atoms with Gasteiger partial charge in [0.15, 0.2) is 0 Å². The summed E-state index contributed by atoms with van der Waals surface area (Å²) in [6.07, 6.45) is 4.18. The summed E-state index contributed by atoms with van der Waals surface area (Å²) in [4.78, 5) is 33.4. The maximum Gasteiger partial charge on any atom is 0.223 e. The van der Waals surface area contributed by atoms with Gasteiger partial charge in [-0.15, -0.1) is 11.3 Å². The Balaban J connectivity index is 1.36. The third-order valence-electron chi connectivity index (χ3n) is 6.84. The lowest BCUT2D eigenvalue weighted by Crippen LogP contribution is -2.55. The van der Waals surface area contributed by atoms with E-state index >= 15 is 0 Å². The molecule has 2 amide bonds. The molecular weight excluding hydrogens is 418 g/mol. The number of benzene rings is 1. The molecule has 0 N–H and O–H groups in total. The fourth-order valence-corrected chi connectivity index (χ4v) is 5.96. The minimum Gasteiger partial charge on any atom is -0.339 e. The zero-order valence-electron chi connectivity index (χ0n) is 19.3. The molecule has 2 aromatic rings. The Labute approximate surface area is 196 Å². The smallest absolute Gasteiger partial charge is 0.223 e. The zero-order valence-corrected chi connectivity index (χ0v) is 20.2. The maximum absolute atomic E-state index is 13.1. The number of piperazine rings is 1. The number of amides is 2. The molecule has 5 nitrogen and oxygen atoms in total. The van der Waals surface area contributed by atoms with Crippen LogP contribution in [0.3, 0.4) is 0 Å². The number of rotatable bonds is 7. The minimum absolute atomic E-state index is 0.0949. The molecule has 2 unspecified atom stereocenters. The topological polar surface area (TPSA) is 43.9 Å². The second-order valence-corrected chi connectivity index (χ2v) is 10.0. The van der Waals surface area contributed by atoms with Crippen LogP contribution in [0.5, 0.6) is 0 Å². The van der Waals surface area contributed by atoms with Gasteiger partial charge in [0.1, 0.15) is 0 Å². The van der Waals surface area contributed by atoms with Crippen molar-refractivity contribution in [2.24, 2.45) is 0 Å². The quantitative estimate of drug-likeness (QED) is 0.627. The molecule has 172 valence electrons. The van der Waals surface area contributed by atoms with E-state index in [4.69, 9.17) is 0 Å². The monoisotopic (exact) mass is 453 g/mol. The Bertz CT molecular complexity index is 913. The molecule has 0 bridgehead atoms. The number of thiophene rings is 1. The van der Waals surface area contributed by atoms with Crippen LogP contribution in [-0.4, -0.2) is 65.3 Å². The van der Waals surface area contributed by atoms with E-state index in [9.17, 15) is 9.59 Å². The van der Waals surface area contributed by atoms with Crippen molar-refractivity contribution in [3.63, 3.8) is 0 Å². The second-order valence-electron chi connectivity index (χ2n) is 9.03. The van der Waals surface area contributed by atoms with Gasteiger partial charge in [-0.05, 0) is 42.3 Å². The third-order valence-corrected chi connectivity index (χ3v) is 7.84. The first-order valence-corrected chi connectivity index (χ1v) is 12.9. The Hall–Kier alpha value is -2.18. The largest absolute Gasteiger partial charge is 0.339 e. The highest BCUT2D eigenvalue weighted by molar-refractivity contribution is 7.10. The third kappa shape index (κ3) is 5.07. The summed E-state index contributed by atoms with van der Waals surface area (Å²) < 4.78 is 0. The van der Waals surface area contributed by atoms with Gasteiger partial charge in [0.2, 0.25) is 11.8 Å². The molecule has 2 aliphatic rings. The molecule has 3 heterocycles. The molecule has 0 aliphatic carbocycles. The summed E-state index contributed by atoms with van der Waals surface area (Å²) in [6, 6.07) is 13.2. The van der Waals surface area contributed by atoms with Crippen molar-refractivity contribution in [1.29, 1.82) is 0 Å². The van der Waals surface area contributed by atoms with Crippen molar-refractivity contribution in [2.75, 3.05) is 32.7 Å². The summed E-state index contributed by atoms with van der Waals surface area (Å²) in [7, 11) is 0. The summed E-state index contributed by atoms with van der Waals surface area (Å²) in [5.74, 6) is 0.442. The number of carbonyl (C=O) groups is 2. The van der Waals surface area contributed by atoms with E-state index in [1.165, 1.54) is 16.0 Å². The van der Waals surface area contributed by atoms with E-state index in [1.807, 2.05) is 21.1 Å². The summed E-state index contributed by atoms with van der Waals surface area (Å²) in [5.41, 5.74) is 2.69. The van der Waals surface area contributed by atoms with Crippen molar-refractivity contribution >= 4 is 23.2 Å². The van der Waals surface area contributed by atoms with Crippen LogP contribution in [0.15, 0.2) is 41.8 Å². The zero-order chi connectivity index (χ0) is 22.5. The molecule has 1 fully saturated rings. The Morgan fingerprint density at radius 3 is 2.59 bits per heavy atom. The number of fused-ring (bicyclic) bond motifs is 1. The van der Waals surface area contributed by atoms with E-state index in [1.54, 1.807) is 0 Å². The standard InChI is InChI=1S/C26H35N3O2S/c1-3-4-10-25(31)29-17-16-28(19-20(29)2)24(30)12-15-27-14-11-23-22(13-18-32-23)26(27)21-8-6-5-7-9-21/h5-9,13,18,20,26H,3-4,10-12,14-17,19H2,1-2H3. The van der Waals surface area contributed by atoms with Crippen molar-refractivity contribution in [2.45, 2.75) is 58.0 Å². The molecule has 32 heavy (non-hydrogen) atoms. The van der Waals surface area contributed by atoms with Gasteiger partial charge in [-0.2, -0.15) is 0 Å². The van der Waals surface area contributed by atoms with E-state index in [0.717, 1.165) is 32.4 Å². The predicted molar refractivity (Wildman–Crippen MR) is 130 cm³/mol. The van der Waals surface area contributed by atoms with Crippen LogP contribution < -0.4 is 0 Å². The normalized spacial score (nSPS) is 21.4. The van der Waals surface area contributed by atoms with Gasteiger partial charge < -0.3 is 9.80 Å². The minimum atomic E-state index is 0.0949. The Morgan fingerprint density at radius 2 is 1.84 bits per heavy atom. The van der Waals surface area contributed by atoms with Gasteiger partial charge in [0.05, 0.1) is 6.04 Å². The van der Waals surface area contributed by atoms with Crippen molar-refractivity contribution in [1.82, 2.24) is 14.7 Å². The molecule has 0 saturated carbocycles. The van der Waals surface area contributed by atoms with Crippen molar-refractivity contribution in [3.8, 4) is 0 Å². The van der Waals surface area contributed by atoms with E-state index in [2.05, 4.69) is 60.5 Å². The number of hydrogen-bond donors (Lipinski definition) is 0. The molecular formula is C26H35N3O2S. The van der Waals surface area contributed by atoms with Crippen LogP contribution in [0, 0.1) is 0 Å². The van der Waals surface area contributed by atoms with E-state index in [-0.39, 0.29) is 23.9 Å². The Kier molecular flexibility index (Phi) is 7.63. The highest BCUT2D eigenvalue weighted by Gasteiger charge is 2.32. The lowest BCUT2D eigenvalue weighted by Gasteiger charge is -2.41. The molecule has 2 atom stereocenters. The molecule has 6 heteroatoms. The molecule has 1 aromatic heterocycles. The van der Waals surface area contributed by atoms with Gasteiger partial charge in [-0.25, -0.2) is 0 Å². The highest BCUT2D eigenvalue weighted by atomic mass is 32.1. The first-order valence-electron chi connectivity index (χ1n) is 12.0. The number of nitrogens with zero attached hydrogens (tertiary/aromatic N) is 3. The summed E-state index contributed by atoms with van der Waals surface area (Å²) in [6.45, 7) is 7.87. The second kappa shape index (κ2) is 10.6. The van der Waals surface area contributed by atoms with E-state index in [0.29, 0.717) is 32.5 Å². The first-order chi connectivity index (χ1) is 15.6. The molecule has 1 saturated heterocycles. The van der Waals surface area contributed by atoms with Crippen molar-refractivity contribution < 1.29 is 9.59 Å². The van der Waals surface area contributed by atoms with Gasteiger partial charge in [-0.1, -0.05) is 43.7 Å².